The normalized spacial score (nSPS) is 22.0. The van der Waals surface area contributed by atoms with Gasteiger partial charge in [-0.15, -0.1) is 0 Å². The number of pyridine rings is 1. The summed E-state index contributed by atoms with van der Waals surface area (Å²) < 4.78 is 14.5. The Hall–Kier alpha value is -2.74. The molecule has 7 nitrogen and oxygen atoms in total. The van der Waals surface area contributed by atoms with Crippen molar-refractivity contribution in [3.05, 3.63) is 35.5 Å². The molecule has 1 aliphatic rings. The maximum absolute atomic E-state index is 14.5. The fourth-order valence-electron chi connectivity index (χ4n) is 4.21. The molecule has 0 spiro atoms. The number of aliphatic carboxylic acids is 1. The number of hydrogen-bond donors (Lipinski definition) is 3. The largest absolute Gasteiger partial charge is 0.481 e. The molecule has 1 aliphatic carbocycles. The lowest BCUT2D eigenvalue weighted by Gasteiger charge is -2.40. The molecule has 0 aliphatic heterocycles. The van der Waals surface area contributed by atoms with Crippen molar-refractivity contribution in [2.75, 3.05) is 5.32 Å². The van der Waals surface area contributed by atoms with Crippen LogP contribution in [-0.2, 0) is 4.79 Å². The molecule has 0 saturated heterocycles. The Morgan fingerprint density at radius 2 is 2.24 bits per heavy atom. The Labute approximate surface area is 171 Å². The van der Waals surface area contributed by atoms with Gasteiger partial charge in [0.1, 0.15) is 5.65 Å². The van der Waals surface area contributed by atoms with Crippen LogP contribution in [0.4, 0.5) is 10.2 Å². The van der Waals surface area contributed by atoms with E-state index in [1.165, 1.54) is 6.20 Å². The molecule has 0 radical (unpaired) electrons. The van der Waals surface area contributed by atoms with Crippen molar-refractivity contribution in [3.8, 4) is 11.4 Å². The van der Waals surface area contributed by atoms with Gasteiger partial charge >= 0.3 is 5.97 Å². The summed E-state index contributed by atoms with van der Waals surface area (Å²) in [6.07, 6.45) is 7.72. The van der Waals surface area contributed by atoms with E-state index in [4.69, 9.17) is 11.6 Å². The molecule has 0 bridgehead atoms. The molecule has 0 aromatic carbocycles. The van der Waals surface area contributed by atoms with Gasteiger partial charge in [0.15, 0.2) is 17.5 Å². The average Bonchev–Trinajstić information content (AvgIpc) is 3.13. The van der Waals surface area contributed by atoms with E-state index in [1.807, 2.05) is 6.92 Å². The minimum atomic E-state index is -0.936. The SMILES string of the molecule is CC[C@@]1(C(=O)O)CCCC[C@H]1Nc1nc(-c2c[nH]c3ncc(Cl)cc23)ncc1F. The monoisotopic (exact) mass is 417 g/mol. The minimum absolute atomic E-state index is 0.00492. The molecule has 3 aromatic heterocycles. The van der Waals surface area contributed by atoms with E-state index in [1.54, 1.807) is 12.3 Å². The predicted molar refractivity (Wildman–Crippen MR) is 108 cm³/mol. The summed E-state index contributed by atoms with van der Waals surface area (Å²) in [6.45, 7) is 1.86. The second-order valence-electron chi connectivity index (χ2n) is 7.40. The maximum Gasteiger partial charge on any atom is 0.311 e. The number of rotatable bonds is 5. The van der Waals surface area contributed by atoms with E-state index >= 15 is 0 Å². The second-order valence-corrected chi connectivity index (χ2v) is 7.84. The van der Waals surface area contributed by atoms with Crippen LogP contribution in [-0.4, -0.2) is 37.1 Å². The molecule has 29 heavy (non-hydrogen) atoms. The molecule has 4 rings (SSSR count). The maximum atomic E-state index is 14.5. The highest BCUT2D eigenvalue weighted by Gasteiger charge is 2.46. The number of fused-ring (bicyclic) bond motifs is 1. The fraction of sp³-hybridized carbons (Fsp3) is 0.400. The molecule has 0 amide bonds. The highest BCUT2D eigenvalue weighted by atomic mass is 35.5. The van der Waals surface area contributed by atoms with Gasteiger partial charge in [-0.3, -0.25) is 4.79 Å². The summed E-state index contributed by atoms with van der Waals surface area (Å²) in [4.78, 5) is 27.8. The first-order chi connectivity index (χ1) is 13.9. The highest BCUT2D eigenvalue weighted by Crippen LogP contribution is 2.41. The third kappa shape index (κ3) is 3.42. The Kier molecular flexibility index (Phi) is 5.12. The van der Waals surface area contributed by atoms with Crippen LogP contribution in [0, 0.1) is 11.2 Å². The second kappa shape index (κ2) is 7.59. The Morgan fingerprint density at radius 1 is 1.41 bits per heavy atom. The van der Waals surface area contributed by atoms with Crippen molar-refractivity contribution in [1.29, 1.82) is 0 Å². The lowest BCUT2D eigenvalue weighted by atomic mass is 9.68. The van der Waals surface area contributed by atoms with E-state index in [9.17, 15) is 14.3 Å². The fourth-order valence-corrected chi connectivity index (χ4v) is 4.36. The molecule has 1 saturated carbocycles. The zero-order chi connectivity index (χ0) is 20.6. The number of anilines is 1. The predicted octanol–water partition coefficient (Wildman–Crippen LogP) is 4.65. The van der Waals surface area contributed by atoms with Crippen LogP contribution in [0.1, 0.15) is 39.0 Å². The van der Waals surface area contributed by atoms with Crippen molar-refractivity contribution >= 4 is 34.4 Å². The third-order valence-electron chi connectivity index (χ3n) is 5.88. The van der Waals surface area contributed by atoms with Gasteiger partial charge in [0.25, 0.3) is 0 Å². The smallest absolute Gasteiger partial charge is 0.311 e. The highest BCUT2D eigenvalue weighted by molar-refractivity contribution is 6.31. The first kappa shape index (κ1) is 19.6. The molecule has 152 valence electrons. The Morgan fingerprint density at radius 3 is 3.00 bits per heavy atom. The number of hydrogen-bond acceptors (Lipinski definition) is 5. The molecule has 3 N–H and O–H groups in total. The van der Waals surface area contributed by atoms with Crippen LogP contribution in [0.3, 0.4) is 0 Å². The molecule has 2 atom stereocenters. The van der Waals surface area contributed by atoms with Gasteiger partial charge in [-0.1, -0.05) is 31.4 Å². The van der Waals surface area contributed by atoms with Gasteiger partial charge in [-0.05, 0) is 25.3 Å². The van der Waals surface area contributed by atoms with Crippen molar-refractivity contribution in [2.24, 2.45) is 5.41 Å². The quantitative estimate of drug-likeness (QED) is 0.558. The summed E-state index contributed by atoms with van der Waals surface area (Å²) in [5.74, 6) is -1.17. The number of carboxylic acids is 1. The number of aromatic amines is 1. The minimum Gasteiger partial charge on any atom is -0.481 e. The molecule has 9 heteroatoms. The first-order valence-electron chi connectivity index (χ1n) is 9.60. The molecule has 0 unspecified atom stereocenters. The number of aromatic nitrogens is 4. The van der Waals surface area contributed by atoms with Gasteiger partial charge in [-0.25, -0.2) is 19.3 Å². The number of nitrogens with zero attached hydrogens (tertiary/aromatic N) is 3. The molecule has 1 fully saturated rings. The van der Waals surface area contributed by atoms with E-state index < -0.39 is 23.2 Å². The van der Waals surface area contributed by atoms with Crippen LogP contribution in [0.5, 0.6) is 0 Å². The number of H-pyrrole nitrogens is 1. The lowest BCUT2D eigenvalue weighted by Crippen LogP contribution is -2.48. The van der Waals surface area contributed by atoms with Crippen molar-refractivity contribution in [3.63, 3.8) is 0 Å². The zero-order valence-electron chi connectivity index (χ0n) is 15.9. The summed E-state index contributed by atoms with van der Waals surface area (Å²) in [5.41, 5.74) is 0.324. The standard InChI is InChI=1S/C20H21ClFN5O2/c1-2-20(19(28)29)6-4-3-5-15(20)26-18-14(22)10-25-17(27-18)13-9-24-16-12(13)7-11(21)8-23-16/h7-10,15H,2-6H2,1H3,(H,23,24)(H,28,29)(H,25,26,27)/t15-,20-/m1/s1. The van der Waals surface area contributed by atoms with Crippen LogP contribution < -0.4 is 5.32 Å². The zero-order valence-corrected chi connectivity index (χ0v) is 16.6. The van der Waals surface area contributed by atoms with Crippen LogP contribution in [0.15, 0.2) is 24.7 Å². The van der Waals surface area contributed by atoms with Gasteiger partial charge in [0.05, 0.1) is 16.6 Å². The van der Waals surface area contributed by atoms with E-state index in [-0.39, 0.29) is 5.82 Å². The van der Waals surface area contributed by atoms with Crippen molar-refractivity contribution < 1.29 is 14.3 Å². The summed E-state index contributed by atoms with van der Waals surface area (Å²) in [7, 11) is 0. The Balaban J connectivity index is 1.72. The van der Waals surface area contributed by atoms with Gasteiger partial charge in [0.2, 0.25) is 0 Å². The molecular weight excluding hydrogens is 397 g/mol. The van der Waals surface area contributed by atoms with Crippen LogP contribution in [0.2, 0.25) is 5.02 Å². The molecular formula is C20H21ClFN5O2. The van der Waals surface area contributed by atoms with Gasteiger partial charge in [-0.2, -0.15) is 0 Å². The summed E-state index contributed by atoms with van der Waals surface area (Å²) in [5, 5.41) is 14.1. The van der Waals surface area contributed by atoms with Crippen LogP contribution >= 0.6 is 11.6 Å². The Bertz CT molecular complexity index is 1070. The van der Waals surface area contributed by atoms with Gasteiger partial charge in [0, 0.05) is 29.4 Å². The van der Waals surface area contributed by atoms with E-state index in [0.29, 0.717) is 41.3 Å². The van der Waals surface area contributed by atoms with Crippen molar-refractivity contribution in [1.82, 2.24) is 19.9 Å². The van der Waals surface area contributed by atoms with E-state index in [0.717, 1.165) is 24.4 Å². The number of carboxylic acid groups (broad SMARTS) is 1. The van der Waals surface area contributed by atoms with Gasteiger partial charge < -0.3 is 15.4 Å². The summed E-state index contributed by atoms with van der Waals surface area (Å²) >= 11 is 6.05. The average molecular weight is 418 g/mol. The van der Waals surface area contributed by atoms with E-state index in [2.05, 4.69) is 25.3 Å². The summed E-state index contributed by atoms with van der Waals surface area (Å²) in [6, 6.07) is 1.33. The first-order valence-corrected chi connectivity index (χ1v) is 9.98. The third-order valence-corrected chi connectivity index (χ3v) is 6.09. The molecule has 3 aromatic rings. The number of nitrogens with one attached hydrogen (secondary N) is 2. The number of halogens is 2. The topological polar surface area (TPSA) is 104 Å². The van der Waals surface area contributed by atoms with Crippen molar-refractivity contribution in [2.45, 2.75) is 45.1 Å². The number of carbonyl (C=O) groups is 1. The molecule has 3 heterocycles. The lowest BCUT2D eigenvalue weighted by molar-refractivity contribution is -0.152. The van der Waals surface area contributed by atoms with Crippen LogP contribution in [0.25, 0.3) is 22.4 Å².